The number of hydrogen-bond acceptors (Lipinski definition) is 5. The maximum atomic E-state index is 13.7. The third kappa shape index (κ3) is 9.11. The van der Waals surface area contributed by atoms with Gasteiger partial charge in [-0.25, -0.2) is 26.7 Å². The molecule has 3 amide bonds. The molecule has 0 aliphatic heterocycles. The molecule has 0 spiro atoms. The number of hydrogen-bond donors (Lipinski definition) is 5. The van der Waals surface area contributed by atoms with Crippen LogP contribution >= 0.6 is 0 Å². The van der Waals surface area contributed by atoms with Crippen LogP contribution in [0.15, 0.2) is 0 Å². The topological polar surface area (TPSA) is 162 Å². The molecule has 1 aromatic carbocycles. The van der Waals surface area contributed by atoms with Crippen LogP contribution in [-0.2, 0) is 19.2 Å². The van der Waals surface area contributed by atoms with Crippen molar-refractivity contribution < 1.29 is 56.1 Å². The van der Waals surface area contributed by atoms with Crippen molar-refractivity contribution in [2.24, 2.45) is 0 Å². The minimum atomic E-state index is -2.36. The van der Waals surface area contributed by atoms with E-state index in [1.54, 1.807) is 0 Å². The molecule has 5 N–H and O–H groups in total. The third-order valence-corrected chi connectivity index (χ3v) is 6.81. The molecule has 0 heterocycles. The van der Waals surface area contributed by atoms with Gasteiger partial charge in [-0.1, -0.05) is 38.5 Å². The summed E-state index contributed by atoms with van der Waals surface area (Å²) >= 11 is 0. The molecular formula is C26H32F5N3O7. The summed E-state index contributed by atoms with van der Waals surface area (Å²) in [6.07, 6.45) is 4.29. The highest BCUT2D eigenvalue weighted by Gasteiger charge is 2.42. The summed E-state index contributed by atoms with van der Waals surface area (Å²) < 4.78 is 67.0. The van der Waals surface area contributed by atoms with Crippen LogP contribution in [0.25, 0.3) is 0 Å². The molecule has 228 valence electrons. The van der Waals surface area contributed by atoms with Crippen LogP contribution in [0.3, 0.4) is 0 Å². The second-order valence-electron chi connectivity index (χ2n) is 9.87. The Morgan fingerprint density at radius 3 is 1.85 bits per heavy atom. The van der Waals surface area contributed by atoms with Crippen molar-refractivity contribution in [3.63, 3.8) is 0 Å². The number of unbranched alkanes of at least 4 members (excludes halogenated alkanes) is 4. The van der Waals surface area contributed by atoms with Gasteiger partial charge in [0, 0.05) is 13.0 Å². The molecule has 2 rings (SSSR count). The lowest BCUT2D eigenvalue weighted by Crippen LogP contribution is -2.62. The summed E-state index contributed by atoms with van der Waals surface area (Å²) in [6, 6.07) is -1.64. The number of amides is 3. The molecule has 0 unspecified atom stereocenters. The van der Waals surface area contributed by atoms with Crippen LogP contribution in [-0.4, -0.2) is 58.0 Å². The van der Waals surface area contributed by atoms with E-state index >= 15 is 0 Å². The van der Waals surface area contributed by atoms with Crippen LogP contribution in [0.1, 0.15) is 87.4 Å². The molecule has 15 heteroatoms. The molecular weight excluding hydrogens is 561 g/mol. The minimum absolute atomic E-state index is 0.0590. The lowest BCUT2D eigenvalue weighted by atomic mass is 9.80. The molecule has 0 aromatic heterocycles. The predicted molar refractivity (Wildman–Crippen MR) is 132 cm³/mol. The van der Waals surface area contributed by atoms with Crippen LogP contribution in [0.5, 0.6) is 0 Å². The van der Waals surface area contributed by atoms with E-state index in [2.05, 4.69) is 16.0 Å². The highest BCUT2D eigenvalue weighted by Crippen LogP contribution is 2.29. The molecule has 41 heavy (non-hydrogen) atoms. The first-order chi connectivity index (χ1) is 19.3. The average molecular weight is 594 g/mol. The number of halogens is 5. The quantitative estimate of drug-likeness (QED) is 0.0902. The highest BCUT2D eigenvalue weighted by atomic mass is 19.2. The van der Waals surface area contributed by atoms with E-state index in [9.17, 15) is 51.0 Å². The van der Waals surface area contributed by atoms with Gasteiger partial charge in [0.15, 0.2) is 23.3 Å². The lowest BCUT2D eigenvalue weighted by molar-refractivity contribution is -0.148. The van der Waals surface area contributed by atoms with Gasteiger partial charge >= 0.3 is 11.9 Å². The zero-order chi connectivity index (χ0) is 30.7. The Morgan fingerprint density at radius 2 is 1.29 bits per heavy atom. The van der Waals surface area contributed by atoms with E-state index in [-0.39, 0.29) is 25.8 Å². The molecule has 0 bridgehead atoms. The van der Waals surface area contributed by atoms with E-state index in [4.69, 9.17) is 5.11 Å². The van der Waals surface area contributed by atoms with Gasteiger partial charge in [0.05, 0.1) is 6.42 Å². The molecule has 1 fully saturated rings. The Hall–Kier alpha value is -3.78. The van der Waals surface area contributed by atoms with Crippen LogP contribution in [0.2, 0.25) is 0 Å². The second kappa shape index (κ2) is 15.3. The number of carboxylic acid groups (broad SMARTS) is 2. The Bertz CT molecular complexity index is 1130. The SMILES string of the molecule is O=C(O)C[C@H](NC(=O)C1(NC(=O)CCCCCCCNC(=O)c2c(F)c(F)c(F)c(F)c2F)CCCCC1)C(=O)O. The first-order valence-corrected chi connectivity index (χ1v) is 13.2. The van der Waals surface area contributed by atoms with Crippen molar-refractivity contribution in [1.29, 1.82) is 0 Å². The Labute approximate surface area is 232 Å². The largest absolute Gasteiger partial charge is 0.481 e. The van der Waals surface area contributed by atoms with E-state index in [1.165, 1.54) is 0 Å². The third-order valence-electron chi connectivity index (χ3n) is 6.81. The molecule has 10 nitrogen and oxygen atoms in total. The van der Waals surface area contributed by atoms with Crippen LogP contribution in [0, 0.1) is 29.1 Å². The predicted octanol–water partition coefficient (Wildman–Crippen LogP) is 3.32. The molecule has 1 saturated carbocycles. The van der Waals surface area contributed by atoms with Gasteiger partial charge < -0.3 is 26.2 Å². The first-order valence-electron chi connectivity index (χ1n) is 13.2. The van der Waals surface area contributed by atoms with Crippen molar-refractivity contribution in [3.05, 3.63) is 34.6 Å². The van der Waals surface area contributed by atoms with Gasteiger partial charge in [-0.3, -0.25) is 19.2 Å². The Morgan fingerprint density at radius 1 is 0.756 bits per heavy atom. The van der Waals surface area contributed by atoms with Gasteiger partial charge in [0.25, 0.3) is 5.91 Å². The number of nitrogens with one attached hydrogen (secondary N) is 3. The summed E-state index contributed by atoms with van der Waals surface area (Å²) in [5, 5.41) is 25.2. The smallest absolute Gasteiger partial charge is 0.326 e. The zero-order valence-electron chi connectivity index (χ0n) is 22.1. The summed E-state index contributed by atoms with van der Waals surface area (Å²) in [6.45, 7) is -0.0876. The zero-order valence-corrected chi connectivity index (χ0v) is 22.1. The van der Waals surface area contributed by atoms with Gasteiger partial charge in [-0.2, -0.15) is 0 Å². The van der Waals surface area contributed by atoms with Crippen molar-refractivity contribution in [2.45, 2.75) is 88.6 Å². The fourth-order valence-corrected chi connectivity index (χ4v) is 4.60. The van der Waals surface area contributed by atoms with Crippen molar-refractivity contribution in [2.75, 3.05) is 6.54 Å². The Kier molecular flexibility index (Phi) is 12.5. The lowest BCUT2D eigenvalue weighted by Gasteiger charge is -2.37. The number of carbonyl (C=O) groups excluding carboxylic acids is 3. The molecule has 0 radical (unpaired) electrons. The maximum Gasteiger partial charge on any atom is 0.326 e. The first kappa shape index (κ1) is 33.4. The van der Waals surface area contributed by atoms with Gasteiger partial charge in [0.1, 0.15) is 17.1 Å². The van der Waals surface area contributed by atoms with Gasteiger partial charge in [-0.05, 0) is 25.7 Å². The van der Waals surface area contributed by atoms with Crippen molar-refractivity contribution >= 4 is 29.7 Å². The van der Waals surface area contributed by atoms with E-state index < -0.39 is 82.3 Å². The number of aliphatic carboxylic acids is 2. The summed E-state index contributed by atoms with van der Waals surface area (Å²) in [5.74, 6) is -16.7. The Balaban J connectivity index is 1.76. The van der Waals surface area contributed by atoms with Gasteiger partial charge in [0.2, 0.25) is 17.6 Å². The monoisotopic (exact) mass is 593 g/mol. The number of rotatable bonds is 15. The number of carboxylic acids is 2. The van der Waals surface area contributed by atoms with Crippen LogP contribution in [0.4, 0.5) is 22.0 Å². The summed E-state index contributed by atoms with van der Waals surface area (Å²) in [5.41, 5.74) is -2.90. The van der Waals surface area contributed by atoms with Crippen LogP contribution < -0.4 is 16.0 Å². The van der Waals surface area contributed by atoms with Crippen molar-refractivity contribution in [3.8, 4) is 0 Å². The second-order valence-corrected chi connectivity index (χ2v) is 9.87. The minimum Gasteiger partial charge on any atom is -0.481 e. The van der Waals surface area contributed by atoms with E-state index in [0.717, 1.165) is 6.42 Å². The maximum absolute atomic E-state index is 13.7. The van der Waals surface area contributed by atoms with Crippen molar-refractivity contribution in [1.82, 2.24) is 16.0 Å². The van der Waals surface area contributed by atoms with E-state index in [0.29, 0.717) is 44.9 Å². The summed E-state index contributed by atoms with van der Waals surface area (Å²) in [4.78, 5) is 59.8. The summed E-state index contributed by atoms with van der Waals surface area (Å²) in [7, 11) is 0. The molecule has 1 atom stereocenters. The highest BCUT2D eigenvalue weighted by molar-refractivity contribution is 5.95. The van der Waals surface area contributed by atoms with E-state index in [1.807, 2.05) is 0 Å². The number of benzene rings is 1. The molecule has 0 saturated heterocycles. The molecule has 1 aliphatic carbocycles. The standard InChI is InChI=1S/C26H32F5N3O7/c27-18-17(19(28)21(30)22(31)20(18)29)23(38)32-12-8-3-1-2-5-9-15(35)34-26(10-6-4-7-11-26)25(41)33-14(24(39)40)13-16(36)37/h14H,1-13H2,(H,32,38)(H,33,41)(H,34,35)(H,36,37)(H,39,40)/t14-/m0/s1. The fraction of sp³-hybridized carbons (Fsp3) is 0.577. The average Bonchev–Trinajstić information content (AvgIpc) is 2.92. The molecule has 1 aliphatic rings. The number of carbonyl (C=O) groups is 5. The fourth-order valence-electron chi connectivity index (χ4n) is 4.60. The normalized spacial score (nSPS) is 15.0. The van der Waals surface area contributed by atoms with Gasteiger partial charge in [-0.15, -0.1) is 0 Å². The molecule has 1 aromatic rings.